The number of hydrogen-bond acceptors (Lipinski definition) is 4. The highest BCUT2D eigenvalue weighted by Crippen LogP contribution is 2.28. The molecule has 0 radical (unpaired) electrons. The van der Waals surface area contributed by atoms with Crippen molar-refractivity contribution < 1.29 is 23.4 Å². The first kappa shape index (κ1) is 16.5. The minimum atomic E-state index is -0.479. The van der Waals surface area contributed by atoms with Crippen LogP contribution in [0.3, 0.4) is 0 Å². The Kier molecular flexibility index (Phi) is 5.36. The van der Waals surface area contributed by atoms with Gasteiger partial charge in [0.25, 0.3) is 0 Å². The van der Waals surface area contributed by atoms with Crippen molar-refractivity contribution in [1.82, 2.24) is 0 Å². The fourth-order valence-corrected chi connectivity index (χ4v) is 2.04. The standard InChI is InChI=1S/C18H17FO4/c1-21-16-8-5-12(10-14(16)19)4-7-15(20)13-6-9-17(22-2)18(11-13)23-3/h4-11H,1-3H3/b7-4+. The quantitative estimate of drug-likeness (QED) is 0.601. The molecule has 0 atom stereocenters. The van der Waals surface area contributed by atoms with E-state index in [4.69, 9.17) is 14.2 Å². The van der Waals surface area contributed by atoms with Crippen molar-refractivity contribution in [3.05, 3.63) is 59.4 Å². The molecular weight excluding hydrogens is 299 g/mol. The highest BCUT2D eigenvalue weighted by atomic mass is 19.1. The van der Waals surface area contributed by atoms with E-state index in [0.717, 1.165) is 0 Å². The molecule has 0 spiro atoms. The molecule has 2 aromatic rings. The number of methoxy groups -OCH3 is 3. The maximum absolute atomic E-state index is 13.6. The van der Waals surface area contributed by atoms with Gasteiger partial charge in [-0.05, 0) is 42.0 Å². The number of ether oxygens (including phenoxy) is 3. The van der Waals surface area contributed by atoms with E-state index in [2.05, 4.69) is 0 Å². The average molecular weight is 316 g/mol. The Labute approximate surface area is 134 Å². The summed E-state index contributed by atoms with van der Waals surface area (Å²) in [4.78, 5) is 12.2. The Hall–Kier alpha value is -2.82. The zero-order chi connectivity index (χ0) is 16.8. The van der Waals surface area contributed by atoms with Crippen LogP contribution in [-0.4, -0.2) is 27.1 Å². The first-order valence-corrected chi connectivity index (χ1v) is 6.87. The zero-order valence-electron chi connectivity index (χ0n) is 13.1. The van der Waals surface area contributed by atoms with Gasteiger partial charge in [-0.25, -0.2) is 4.39 Å². The highest BCUT2D eigenvalue weighted by Gasteiger charge is 2.09. The van der Waals surface area contributed by atoms with Gasteiger partial charge in [0, 0.05) is 5.56 Å². The number of allylic oxidation sites excluding steroid dienone is 1. The minimum Gasteiger partial charge on any atom is -0.494 e. The Morgan fingerprint density at radius 2 is 1.57 bits per heavy atom. The molecule has 0 amide bonds. The van der Waals surface area contributed by atoms with E-state index in [9.17, 15) is 9.18 Å². The molecule has 23 heavy (non-hydrogen) atoms. The van der Waals surface area contributed by atoms with Gasteiger partial charge < -0.3 is 14.2 Å². The van der Waals surface area contributed by atoms with Gasteiger partial charge in [-0.15, -0.1) is 0 Å². The topological polar surface area (TPSA) is 44.8 Å². The number of ketones is 1. The van der Waals surface area contributed by atoms with Crippen LogP contribution in [-0.2, 0) is 0 Å². The van der Waals surface area contributed by atoms with Crippen molar-refractivity contribution in [1.29, 1.82) is 0 Å². The Bertz CT molecular complexity index is 738. The van der Waals surface area contributed by atoms with Crippen LogP contribution in [0.1, 0.15) is 15.9 Å². The summed E-state index contributed by atoms with van der Waals surface area (Å²) in [5.41, 5.74) is 1.02. The Balaban J connectivity index is 2.19. The van der Waals surface area contributed by atoms with Crippen LogP contribution in [0.2, 0.25) is 0 Å². The Morgan fingerprint density at radius 1 is 0.913 bits per heavy atom. The number of benzene rings is 2. The van der Waals surface area contributed by atoms with E-state index in [1.807, 2.05) is 0 Å². The monoisotopic (exact) mass is 316 g/mol. The summed E-state index contributed by atoms with van der Waals surface area (Å²) in [6, 6.07) is 9.38. The normalized spacial score (nSPS) is 10.6. The molecule has 0 aliphatic rings. The zero-order valence-corrected chi connectivity index (χ0v) is 13.1. The van der Waals surface area contributed by atoms with Gasteiger partial charge >= 0.3 is 0 Å². The van der Waals surface area contributed by atoms with Crippen LogP contribution in [0.25, 0.3) is 6.08 Å². The third kappa shape index (κ3) is 3.88. The second-order valence-corrected chi connectivity index (χ2v) is 4.66. The number of halogens is 1. The van der Waals surface area contributed by atoms with E-state index < -0.39 is 5.82 Å². The molecule has 5 heteroatoms. The molecule has 0 aliphatic heterocycles. The lowest BCUT2D eigenvalue weighted by Crippen LogP contribution is -1.97. The molecule has 0 unspecified atom stereocenters. The third-order valence-electron chi connectivity index (χ3n) is 3.27. The smallest absolute Gasteiger partial charge is 0.185 e. The van der Waals surface area contributed by atoms with Crippen molar-refractivity contribution in [3.8, 4) is 17.2 Å². The fourth-order valence-electron chi connectivity index (χ4n) is 2.04. The maximum atomic E-state index is 13.6. The van der Waals surface area contributed by atoms with E-state index >= 15 is 0 Å². The van der Waals surface area contributed by atoms with Crippen LogP contribution >= 0.6 is 0 Å². The van der Waals surface area contributed by atoms with Gasteiger partial charge in [0.2, 0.25) is 0 Å². The van der Waals surface area contributed by atoms with Gasteiger partial charge in [-0.1, -0.05) is 12.1 Å². The minimum absolute atomic E-state index is 0.161. The molecule has 0 heterocycles. The second-order valence-electron chi connectivity index (χ2n) is 4.66. The second kappa shape index (κ2) is 7.45. The molecule has 0 saturated carbocycles. The van der Waals surface area contributed by atoms with Crippen molar-refractivity contribution in [2.24, 2.45) is 0 Å². The van der Waals surface area contributed by atoms with E-state index in [1.165, 1.54) is 39.5 Å². The van der Waals surface area contributed by atoms with Crippen molar-refractivity contribution >= 4 is 11.9 Å². The predicted octanol–water partition coefficient (Wildman–Crippen LogP) is 3.75. The van der Waals surface area contributed by atoms with E-state index in [-0.39, 0.29) is 11.5 Å². The van der Waals surface area contributed by atoms with Crippen LogP contribution in [0.15, 0.2) is 42.5 Å². The van der Waals surface area contributed by atoms with Crippen molar-refractivity contribution in [2.45, 2.75) is 0 Å². The van der Waals surface area contributed by atoms with Crippen molar-refractivity contribution in [3.63, 3.8) is 0 Å². The van der Waals surface area contributed by atoms with Gasteiger partial charge in [-0.2, -0.15) is 0 Å². The lowest BCUT2D eigenvalue weighted by Gasteiger charge is -2.08. The Morgan fingerprint density at radius 3 is 2.17 bits per heavy atom. The number of hydrogen-bond donors (Lipinski definition) is 0. The summed E-state index contributed by atoms with van der Waals surface area (Å²) >= 11 is 0. The molecule has 0 aliphatic carbocycles. The lowest BCUT2D eigenvalue weighted by molar-refractivity contribution is 0.104. The predicted molar refractivity (Wildman–Crippen MR) is 85.9 cm³/mol. The largest absolute Gasteiger partial charge is 0.494 e. The van der Waals surface area contributed by atoms with Crippen LogP contribution in [0.5, 0.6) is 17.2 Å². The average Bonchev–Trinajstić information content (AvgIpc) is 2.59. The molecule has 2 aromatic carbocycles. The summed E-state index contributed by atoms with van der Waals surface area (Å²) in [5.74, 6) is 0.483. The molecule has 0 saturated heterocycles. The first-order chi connectivity index (χ1) is 11.1. The van der Waals surface area contributed by atoms with E-state index in [1.54, 1.807) is 30.3 Å². The number of rotatable bonds is 6. The molecule has 120 valence electrons. The summed E-state index contributed by atoms with van der Waals surface area (Å²) in [6.45, 7) is 0. The van der Waals surface area contributed by atoms with Crippen LogP contribution in [0.4, 0.5) is 4.39 Å². The number of carbonyl (C=O) groups is 1. The summed E-state index contributed by atoms with van der Waals surface area (Å²) in [6.07, 6.45) is 2.92. The van der Waals surface area contributed by atoms with E-state index in [0.29, 0.717) is 22.6 Å². The summed E-state index contributed by atoms with van der Waals surface area (Å²) in [5, 5.41) is 0. The van der Waals surface area contributed by atoms with Gasteiger partial charge in [0.1, 0.15) is 0 Å². The molecule has 0 bridgehead atoms. The maximum Gasteiger partial charge on any atom is 0.185 e. The molecule has 0 aromatic heterocycles. The molecule has 0 fully saturated rings. The molecule has 2 rings (SSSR count). The van der Waals surface area contributed by atoms with Crippen molar-refractivity contribution in [2.75, 3.05) is 21.3 Å². The summed E-state index contributed by atoms with van der Waals surface area (Å²) in [7, 11) is 4.42. The molecule has 0 N–H and O–H groups in total. The highest BCUT2D eigenvalue weighted by molar-refractivity contribution is 6.07. The van der Waals surface area contributed by atoms with Crippen LogP contribution in [0, 0.1) is 5.82 Å². The third-order valence-corrected chi connectivity index (χ3v) is 3.27. The fraction of sp³-hybridized carbons (Fsp3) is 0.167. The lowest BCUT2D eigenvalue weighted by atomic mass is 10.1. The van der Waals surface area contributed by atoms with Gasteiger partial charge in [-0.3, -0.25) is 4.79 Å². The van der Waals surface area contributed by atoms with Gasteiger partial charge in [0.05, 0.1) is 21.3 Å². The van der Waals surface area contributed by atoms with Crippen LogP contribution < -0.4 is 14.2 Å². The number of carbonyl (C=O) groups excluding carboxylic acids is 1. The SMILES string of the molecule is COc1ccc(/C=C/C(=O)c2ccc(OC)c(OC)c2)cc1F. The molecular formula is C18H17FO4. The first-order valence-electron chi connectivity index (χ1n) is 6.87. The van der Waals surface area contributed by atoms with Gasteiger partial charge in [0.15, 0.2) is 28.8 Å². The molecule has 4 nitrogen and oxygen atoms in total. The summed E-state index contributed by atoms with van der Waals surface area (Å²) < 4.78 is 28.7.